The molecular formula is C22H36Ti-4. The Morgan fingerprint density at radius 1 is 0.739 bits per heavy atom. The molecule has 2 aliphatic rings. The van der Waals surface area contributed by atoms with E-state index in [0.29, 0.717) is 11.8 Å². The minimum Gasteiger partial charge on any atom is -0.358 e. The average molecular weight is 348 g/mol. The molecule has 0 aromatic rings. The summed E-state index contributed by atoms with van der Waals surface area (Å²) >= 11 is 2.00. The van der Waals surface area contributed by atoms with Gasteiger partial charge in [-0.15, -0.1) is 13.8 Å². The summed E-state index contributed by atoms with van der Waals surface area (Å²) in [6.45, 7) is 19.3. The second-order valence-corrected chi connectivity index (χ2v) is 6.79. The van der Waals surface area contributed by atoms with Gasteiger partial charge in [0, 0.05) is 0 Å². The summed E-state index contributed by atoms with van der Waals surface area (Å²) in [6.07, 6.45) is 6.72. The average Bonchev–Trinajstić information content (AvgIpc) is 2.77. The van der Waals surface area contributed by atoms with Crippen LogP contribution in [0.4, 0.5) is 0 Å². The maximum atomic E-state index is 3.36. The van der Waals surface area contributed by atoms with Crippen LogP contribution >= 0.6 is 0 Å². The Balaban J connectivity index is -0.000000277. The van der Waals surface area contributed by atoms with Crippen LogP contribution in [0.2, 0.25) is 0 Å². The topological polar surface area (TPSA) is 0 Å². The van der Waals surface area contributed by atoms with Crippen molar-refractivity contribution in [3.05, 3.63) is 60.4 Å². The van der Waals surface area contributed by atoms with Crippen molar-refractivity contribution in [3.63, 3.8) is 0 Å². The summed E-state index contributed by atoms with van der Waals surface area (Å²) in [5.74, 6) is 1.12. The van der Waals surface area contributed by atoms with E-state index in [0.717, 1.165) is 0 Å². The summed E-state index contributed by atoms with van der Waals surface area (Å²) in [6, 6.07) is 0. The molecule has 2 unspecified atom stereocenters. The van der Waals surface area contributed by atoms with Crippen molar-refractivity contribution in [2.45, 2.75) is 62.3 Å². The summed E-state index contributed by atoms with van der Waals surface area (Å²) in [5, 5.41) is 0. The van der Waals surface area contributed by atoms with Crippen molar-refractivity contribution in [2.75, 3.05) is 0 Å². The van der Waals surface area contributed by atoms with E-state index in [1.165, 1.54) is 33.4 Å². The number of rotatable bonds is 0. The third-order valence-corrected chi connectivity index (χ3v) is 4.47. The third kappa shape index (κ3) is 8.27. The molecule has 2 rings (SSSR count). The fourth-order valence-corrected chi connectivity index (χ4v) is 2.32. The Kier molecular flexibility index (Phi) is 15.4. The molecule has 1 heteroatoms. The van der Waals surface area contributed by atoms with Crippen molar-refractivity contribution in [2.24, 2.45) is 11.8 Å². The smallest absolute Gasteiger partial charge is 0.358 e. The van der Waals surface area contributed by atoms with Gasteiger partial charge < -0.3 is 14.9 Å². The van der Waals surface area contributed by atoms with Crippen molar-refractivity contribution in [1.29, 1.82) is 0 Å². The van der Waals surface area contributed by atoms with E-state index in [9.17, 15) is 0 Å². The van der Waals surface area contributed by atoms with Gasteiger partial charge in [-0.1, -0.05) is 53.4 Å². The zero-order chi connectivity index (χ0) is 16.7. The van der Waals surface area contributed by atoms with Gasteiger partial charge in [-0.2, -0.15) is 22.3 Å². The SMILES string of the molecule is CC1=[C-]C(C)C(C)=C1C.CC1=[C-]C(C)C(C)=C1C.C[CH]=[Ti].[CH3-].[CH3-]. The Bertz CT molecular complexity index is 454. The first-order valence-electron chi connectivity index (χ1n) is 7.68. The molecule has 0 N–H and O–H groups in total. The standard InChI is InChI=1S/2C9H13.C2H4.2CH3.Ti/c2*1-6-5-7(2)9(4)8(6)3;1-2;;;/h2*6H,1-4H3;1H,2H3;2*1H3;/q2*-1;;2*-1;. The molecule has 0 aromatic carbocycles. The number of allylic oxidation sites excluding steroid dienone is 8. The quantitative estimate of drug-likeness (QED) is 0.337. The van der Waals surface area contributed by atoms with Crippen LogP contribution in [0.15, 0.2) is 33.4 Å². The van der Waals surface area contributed by atoms with Gasteiger partial charge >= 0.3 is 31.2 Å². The minimum absolute atomic E-state index is 0. The van der Waals surface area contributed by atoms with E-state index >= 15 is 0 Å². The Hall–Kier alpha value is -0.456. The second-order valence-electron chi connectivity index (χ2n) is 5.89. The number of hydrogen-bond donors (Lipinski definition) is 0. The molecule has 2 aliphatic carbocycles. The summed E-state index contributed by atoms with van der Waals surface area (Å²) in [7, 11) is 0. The van der Waals surface area contributed by atoms with Gasteiger partial charge in [0.2, 0.25) is 0 Å². The van der Waals surface area contributed by atoms with Crippen molar-refractivity contribution in [3.8, 4) is 0 Å². The van der Waals surface area contributed by atoms with E-state index in [1.807, 2.05) is 31.2 Å². The molecule has 0 heterocycles. The van der Waals surface area contributed by atoms with Gasteiger partial charge in [0.1, 0.15) is 0 Å². The molecule has 2 atom stereocenters. The molecule has 0 spiro atoms. The first-order valence-corrected chi connectivity index (χ1v) is 8.58. The molecule has 0 saturated heterocycles. The summed E-state index contributed by atoms with van der Waals surface area (Å²) in [4.78, 5) is 0. The minimum atomic E-state index is 0. The first kappa shape index (κ1) is 27.4. The van der Waals surface area contributed by atoms with Crippen LogP contribution in [0.25, 0.3) is 0 Å². The van der Waals surface area contributed by atoms with Gasteiger partial charge in [-0.3, -0.25) is 12.2 Å². The largest absolute Gasteiger partial charge is 0.358 e. The molecule has 23 heavy (non-hydrogen) atoms. The zero-order valence-corrected chi connectivity index (χ0v) is 18.8. The molecule has 0 saturated carbocycles. The van der Waals surface area contributed by atoms with E-state index in [4.69, 9.17) is 0 Å². The predicted octanol–water partition coefficient (Wildman–Crippen LogP) is 6.70. The molecule has 0 aliphatic heterocycles. The Morgan fingerprint density at radius 3 is 1.00 bits per heavy atom. The molecule has 0 aromatic heterocycles. The first-order chi connectivity index (χ1) is 9.67. The van der Waals surface area contributed by atoms with Crippen molar-refractivity contribution in [1.82, 2.24) is 0 Å². The predicted molar refractivity (Wildman–Crippen MR) is 105 cm³/mol. The number of hydrogen-bond acceptors (Lipinski definition) is 0. The van der Waals surface area contributed by atoms with Gasteiger partial charge in [0.05, 0.1) is 0 Å². The molecule has 0 amide bonds. The molecular weight excluding hydrogens is 312 g/mol. The van der Waals surface area contributed by atoms with Gasteiger partial charge in [0.15, 0.2) is 0 Å². The van der Waals surface area contributed by atoms with Crippen LogP contribution in [0.3, 0.4) is 0 Å². The van der Waals surface area contributed by atoms with Gasteiger partial charge in [0.25, 0.3) is 0 Å². The maximum Gasteiger partial charge on any atom is -0.358 e. The van der Waals surface area contributed by atoms with Crippen molar-refractivity contribution < 1.29 is 20.0 Å². The second kappa shape index (κ2) is 12.9. The Morgan fingerprint density at radius 2 is 0.957 bits per heavy atom. The maximum absolute atomic E-state index is 3.36. The van der Waals surface area contributed by atoms with Crippen LogP contribution in [0.5, 0.6) is 0 Å². The fourth-order valence-electron chi connectivity index (χ4n) is 2.32. The molecule has 0 fully saturated rings. The van der Waals surface area contributed by atoms with E-state index in [2.05, 4.69) is 67.5 Å². The molecule has 0 nitrogen and oxygen atoms in total. The van der Waals surface area contributed by atoms with Crippen LogP contribution in [0.1, 0.15) is 62.3 Å². The fraction of sp³-hybridized carbons (Fsp3) is 0.500. The van der Waals surface area contributed by atoms with E-state index in [1.54, 1.807) is 0 Å². The zero-order valence-electron chi connectivity index (χ0n) is 17.2. The summed E-state index contributed by atoms with van der Waals surface area (Å²) < 4.78 is 2.00. The van der Waals surface area contributed by atoms with Crippen LogP contribution in [0, 0.1) is 38.8 Å². The third-order valence-electron chi connectivity index (χ3n) is 4.47. The van der Waals surface area contributed by atoms with Crippen LogP contribution in [-0.4, -0.2) is 4.31 Å². The van der Waals surface area contributed by atoms with Crippen LogP contribution < -0.4 is 0 Å². The molecule has 0 radical (unpaired) electrons. The molecule has 132 valence electrons. The monoisotopic (exact) mass is 348 g/mol. The van der Waals surface area contributed by atoms with Crippen molar-refractivity contribution >= 4 is 4.31 Å². The Labute approximate surface area is 158 Å². The van der Waals surface area contributed by atoms with Gasteiger partial charge in [-0.25, -0.2) is 11.1 Å². The van der Waals surface area contributed by atoms with E-state index in [-0.39, 0.29) is 14.9 Å². The van der Waals surface area contributed by atoms with E-state index < -0.39 is 0 Å². The van der Waals surface area contributed by atoms with Crippen LogP contribution in [-0.2, 0) is 20.0 Å². The normalized spacial score (nSPS) is 21.7. The van der Waals surface area contributed by atoms with Gasteiger partial charge in [-0.05, 0) is 0 Å². The summed E-state index contributed by atoms with van der Waals surface area (Å²) in [5.41, 5.74) is 8.49. The molecule has 0 bridgehead atoms.